The van der Waals surface area contributed by atoms with Crippen molar-refractivity contribution in [3.05, 3.63) is 47.8 Å². The molecule has 6 nitrogen and oxygen atoms in total. The summed E-state index contributed by atoms with van der Waals surface area (Å²) in [6, 6.07) is 9.30. The number of nitrogens with one attached hydrogen (secondary N) is 1. The number of piperidine rings is 1. The summed E-state index contributed by atoms with van der Waals surface area (Å²) in [5.74, 6) is -0.0206. The quantitative estimate of drug-likeness (QED) is 0.875. The van der Waals surface area contributed by atoms with Gasteiger partial charge in [0.2, 0.25) is 0 Å². The van der Waals surface area contributed by atoms with Crippen molar-refractivity contribution >= 4 is 11.8 Å². The van der Waals surface area contributed by atoms with Gasteiger partial charge in [-0.2, -0.15) is 0 Å². The molecule has 3 heterocycles. The fraction of sp³-hybridized carbons (Fsp3) is 0.429. The summed E-state index contributed by atoms with van der Waals surface area (Å²) in [5, 5.41) is 9.66. The molecule has 1 aromatic heterocycles. The van der Waals surface area contributed by atoms with Crippen LogP contribution in [0.25, 0.3) is 11.1 Å². The average molecular weight is 367 g/mol. The molecule has 27 heavy (non-hydrogen) atoms. The summed E-state index contributed by atoms with van der Waals surface area (Å²) in [5.41, 5.74) is 2.99. The van der Waals surface area contributed by atoms with Gasteiger partial charge in [-0.1, -0.05) is 12.1 Å². The number of aromatic amines is 1. The maximum absolute atomic E-state index is 12.6. The van der Waals surface area contributed by atoms with E-state index in [4.69, 9.17) is 0 Å². The number of aromatic nitrogens is 1. The lowest BCUT2D eigenvalue weighted by atomic mass is 10.0. The Balaban J connectivity index is 1.51. The van der Waals surface area contributed by atoms with Crippen LogP contribution in [0.3, 0.4) is 0 Å². The molecular formula is C21H25N3O3. The lowest BCUT2D eigenvalue weighted by Crippen LogP contribution is -2.35. The largest absolute Gasteiger partial charge is 0.391 e. The van der Waals surface area contributed by atoms with Crippen LogP contribution in [0.15, 0.2) is 36.5 Å². The van der Waals surface area contributed by atoms with E-state index in [-0.39, 0.29) is 11.8 Å². The Labute approximate surface area is 158 Å². The number of amides is 2. The van der Waals surface area contributed by atoms with Crippen molar-refractivity contribution in [1.29, 1.82) is 0 Å². The molecule has 4 rings (SSSR count). The highest BCUT2D eigenvalue weighted by atomic mass is 16.3. The van der Waals surface area contributed by atoms with Gasteiger partial charge in [-0.3, -0.25) is 9.59 Å². The summed E-state index contributed by atoms with van der Waals surface area (Å²) < 4.78 is 0. The molecule has 2 amide bonds. The van der Waals surface area contributed by atoms with Crippen LogP contribution in [0.4, 0.5) is 0 Å². The van der Waals surface area contributed by atoms with E-state index in [9.17, 15) is 14.7 Å². The maximum atomic E-state index is 12.6. The van der Waals surface area contributed by atoms with Crippen molar-refractivity contribution in [1.82, 2.24) is 14.8 Å². The van der Waals surface area contributed by atoms with E-state index < -0.39 is 6.10 Å². The Morgan fingerprint density at radius 1 is 0.963 bits per heavy atom. The average Bonchev–Trinajstić information content (AvgIpc) is 3.37. The summed E-state index contributed by atoms with van der Waals surface area (Å²) in [7, 11) is 0. The fourth-order valence-corrected chi connectivity index (χ4v) is 3.89. The highest BCUT2D eigenvalue weighted by Gasteiger charge is 2.25. The third-order valence-corrected chi connectivity index (χ3v) is 5.45. The number of aliphatic hydroxyl groups excluding tert-OH is 1. The Hall–Kier alpha value is -2.60. The molecule has 1 atom stereocenters. The fourth-order valence-electron chi connectivity index (χ4n) is 3.89. The number of carbonyl (C=O) groups excluding carboxylic acids is 2. The number of likely N-dealkylation sites (tertiary alicyclic amines) is 2. The van der Waals surface area contributed by atoms with Crippen LogP contribution in [0, 0.1) is 0 Å². The number of aliphatic hydroxyl groups is 1. The molecule has 0 unspecified atom stereocenters. The number of hydrogen-bond donors (Lipinski definition) is 2. The number of hydrogen-bond acceptors (Lipinski definition) is 3. The van der Waals surface area contributed by atoms with E-state index in [1.807, 2.05) is 35.4 Å². The van der Waals surface area contributed by atoms with Gasteiger partial charge in [-0.15, -0.1) is 0 Å². The Morgan fingerprint density at radius 2 is 1.78 bits per heavy atom. The van der Waals surface area contributed by atoms with E-state index in [1.165, 1.54) is 6.42 Å². The van der Waals surface area contributed by atoms with Gasteiger partial charge in [0.1, 0.15) is 5.69 Å². The van der Waals surface area contributed by atoms with Gasteiger partial charge in [0.25, 0.3) is 11.8 Å². The van der Waals surface area contributed by atoms with Gasteiger partial charge in [0, 0.05) is 37.9 Å². The standard InChI is InChI=1S/C21H25N3O3/c25-18-7-10-24(14-18)20(26)16-6-4-5-15(11-16)17-12-19(22-13-17)21(27)23-8-2-1-3-9-23/h4-6,11-13,18,22,25H,1-3,7-10,14H2/t18-/m1/s1. The number of benzene rings is 1. The topological polar surface area (TPSA) is 76.6 Å². The van der Waals surface area contributed by atoms with E-state index in [0.717, 1.165) is 37.1 Å². The van der Waals surface area contributed by atoms with Gasteiger partial charge in [-0.25, -0.2) is 0 Å². The summed E-state index contributed by atoms with van der Waals surface area (Å²) in [6.07, 6.45) is 5.34. The van der Waals surface area contributed by atoms with Gasteiger partial charge in [0.05, 0.1) is 6.10 Å². The van der Waals surface area contributed by atoms with Crippen LogP contribution in [-0.4, -0.2) is 64.0 Å². The second-order valence-corrected chi connectivity index (χ2v) is 7.43. The number of β-amino-alcohol motifs (C(OH)–C–C–N with tert-alkyl or cyclic N) is 1. The Kier molecular flexibility index (Phi) is 4.99. The van der Waals surface area contributed by atoms with Crippen LogP contribution in [0.1, 0.15) is 46.5 Å². The molecule has 0 bridgehead atoms. The van der Waals surface area contributed by atoms with E-state index in [1.54, 1.807) is 11.0 Å². The summed E-state index contributed by atoms with van der Waals surface area (Å²) >= 11 is 0. The number of carbonyl (C=O) groups is 2. The van der Waals surface area contributed by atoms with Crippen molar-refractivity contribution in [2.75, 3.05) is 26.2 Å². The minimum absolute atomic E-state index is 0.0410. The zero-order chi connectivity index (χ0) is 18.8. The predicted octanol–water partition coefficient (Wildman–Crippen LogP) is 2.51. The highest BCUT2D eigenvalue weighted by molar-refractivity contribution is 5.96. The molecule has 2 saturated heterocycles. The highest BCUT2D eigenvalue weighted by Crippen LogP contribution is 2.24. The van der Waals surface area contributed by atoms with E-state index in [0.29, 0.717) is 30.8 Å². The molecular weight excluding hydrogens is 342 g/mol. The third-order valence-electron chi connectivity index (χ3n) is 5.45. The first-order valence-electron chi connectivity index (χ1n) is 9.67. The van der Waals surface area contributed by atoms with Crippen LogP contribution >= 0.6 is 0 Å². The molecule has 0 aliphatic carbocycles. The van der Waals surface area contributed by atoms with Crippen LogP contribution < -0.4 is 0 Å². The monoisotopic (exact) mass is 367 g/mol. The molecule has 2 aliphatic heterocycles. The lowest BCUT2D eigenvalue weighted by Gasteiger charge is -2.26. The third kappa shape index (κ3) is 3.76. The zero-order valence-corrected chi connectivity index (χ0v) is 15.4. The molecule has 6 heteroatoms. The molecule has 0 radical (unpaired) electrons. The van der Waals surface area contributed by atoms with Crippen molar-refractivity contribution in [3.8, 4) is 11.1 Å². The minimum atomic E-state index is -0.426. The molecule has 2 N–H and O–H groups in total. The molecule has 0 saturated carbocycles. The van der Waals surface area contributed by atoms with Crippen molar-refractivity contribution < 1.29 is 14.7 Å². The minimum Gasteiger partial charge on any atom is -0.391 e. The summed E-state index contributed by atoms with van der Waals surface area (Å²) in [6.45, 7) is 2.61. The SMILES string of the molecule is O=C(c1cccc(-c2c[nH]c(C(=O)N3CCCCC3)c2)c1)N1CC[C@@H](O)C1. The number of rotatable bonds is 3. The first-order valence-corrected chi connectivity index (χ1v) is 9.67. The van der Waals surface area contributed by atoms with Crippen molar-refractivity contribution in [2.45, 2.75) is 31.8 Å². The van der Waals surface area contributed by atoms with E-state index in [2.05, 4.69) is 4.98 Å². The Bertz CT molecular complexity index is 839. The molecule has 0 spiro atoms. The molecule has 2 fully saturated rings. The lowest BCUT2D eigenvalue weighted by molar-refractivity contribution is 0.0718. The normalized spacial score (nSPS) is 20.1. The second-order valence-electron chi connectivity index (χ2n) is 7.43. The molecule has 142 valence electrons. The predicted molar refractivity (Wildman–Crippen MR) is 103 cm³/mol. The molecule has 2 aliphatic rings. The van der Waals surface area contributed by atoms with Gasteiger partial charge >= 0.3 is 0 Å². The van der Waals surface area contributed by atoms with Crippen LogP contribution in [-0.2, 0) is 0 Å². The second kappa shape index (κ2) is 7.56. The van der Waals surface area contributed by atoms with Gasteiger partial charge in [-0.05, 0) is 55.0 Å². The zero-order valence-electron chi connectivity index (χ0n) is 15.4. The van der Waals surface area contributed by atoms with Gasteiger partial charge < -0.3 is 19.9 Å². The van der Waals surface area contributed by atoms with Crippen LogP contribution in [0.2, 0.25) is 0 Å². The first-order chi connectivity index (χ1) is 13.1. The van der Waals surface area contributed by atoms with Crippen LogP contribution in [0.5, 0.6) is 0 Å². The Morgan fingerprint density at radius 3 is 2.52 bits per heavy atom. The smallest absolute Gasteiger partial charge is 0.270 e. The first kappa shape index (κ1) is 17.8. The molecule has 1 aromatic carbocycles. The van der Waals surface area contributed by atoms with Crippen molar-refractivity contribution in [2.24, 2.45) is 0 Å². The summed E-state index contributed by atoms with van der Waals surface area (Å²) in [4.78, 5) is 32.0. The molecule has 2 aromatic rings. The number of H-pyrrole nitrogens is 1. The van der Waals surface area contributed by atoms with Gasteiger partial charge in [0.15, 0.2) is 0 Å². The van der Waals surface area contributed by atoms with E-state index >= 15 is 0 Å². The maximum Gasteiger partial charge on any atom is 0.270 e. The number of nitrogens with zero attached hydrogens (tertiary/aromatic N) is 2. The van der Waals surface area contributed by atoms with Crippen molar-refractivity contribution in [3.63, 3.8) is 0 Å².